The van der Waals surface area contributed by atoms with Gasteiger partial charge in [-0.3, -0.25) is 0 Å². The van der Waals surface area contributed by atoms with Crippen LogP contribution in [0.4, 0.5) is 34.1 Å². The summed E-state index contributed by atoms with van der Waals surface area (Å²) in [7, 11) is 0. The highest BCUT2D eigenvalue weighted by Crippen LogP contribution is 2.57. The smallest absolute Gasteiger partial charge is 0.0502 e. The maximum absolute atomic E-state index is 2.51. The van der Waals surface area contributed by atoms with Crippen LogP contribution in [0.15, 0.2) is 243 Å². The molecule has 0 saturated heterocycles. The van der Waals surface area contributed by atoms with Gasteiger partial charge in [-0.25, -0.2) is 0 Å². The fraction of sp³-hybridized carbons (Fsp3) is 0.120. The minimum absolute atomic E-state index is 0.0424. The standard InChI is InChI=1S/C75H58N2/c1-73(2)61-25-10-9-23-54(61)58-44-50(38-43-62(58)73)47-34-36-49(37-35-47)71-56-41-39-52(77-69-32-17-13-28-65(69)75(5,6)66-29-14-18-33-70(66)77)46-60(56)72(55-24-19-21-48-20-7-8-22-53(48)55)57-42-40-51(45-59(57)71)76-67-30-15-11-26-63(67)74(3,4)64-27-12-16-31-68(64)76/h7-46H,1-6H3. The number of nitrogens with zero attached hydrogens (tertiary/aromatic N) is 2. The van der Waals surface area contributed by atoms with Crippen LogP contribution in [-0.2, 0) is 16.2 Å². The Hall–Kier alpha value is -8.98. The van der Waals surface area contributed by atoms with Crippen LogP contribution in [0.5, 0.6) is 0 Å². The fourth-order valence-electron chi connectivity index (χ4n) is 14.2. The van der Waals surface area contributed by atoms with Gasteiger partial charge in [0.25, 0.3) is 0 Å². The van der Waals surface area contributed by atoms with Crippen LogP contribution in [0.2, 0.25) is 0 Å². The molecule has 15 rings (SSSR count). The second-order valence-corrected chi connectivity index (χ2v) is 23.2. The zero-order valence-corrected chi connectivity index (χ0v) is 44.5. The van der Waals surface area contributed by atoms with Crippen molar-refractivity contribution in [1.82, 2.24) is 0 Å². The van der Waals surface area contributed by atoms with Crippen molar-refractivity contribution < 1.29 is 0 Å². The zero-order valence-electron chi connectivity index (χ0n) is 44.5. The minimum Gasteiger partial charge on any atom is -0.310 e. The van der Waals surface area contributed by atoms with Crippen LogP contribution in [-0.4, -0.2) is 0 Å². The first-order chi connectivity index (χ1) is 37.5. The van der Waals surface area contributed by atoms with E-state index in [2.05, 4.69) is 294 Å². The van der Waals surface area contributed by atoms with Crippen molar-refractivity contribution in [2.45, 2.75) is 57.8 Å². The van der Waals surface area contributed by atoms with Crippen molar-refractivity contribution in [2.24, 2.45) is 0 Å². The van der Waals surface area contributed by atoms with Crippen LogP contribution < -0.4 is 9.80 Å². The topological polar surface area (TPSA) is 6.48 Å². The summed E-state index contributed by atoms with van der Waals surface area (Å²) >= 11 is 0. The summed E-state index contributed by atoms with van der Waals surface area (Å²) in [5, 5.41) is 7.32. The number of anilines is 6. The first kappa shape index (κ1) is 45.4. The molecule has 2 heteroatoms. The molecule has 0 fully saturated rings. The lowest BCUT2D eigenvalue weighted by molar-refractivity contribution is 0.632. The van der Waals surface area contributed by atoms with E-state index in [0.717, 1.165) is 11.4 Å². The summed E-state index contributed by atoms with van der Waals surface area (Å²) in [6.45, 7) is 14.2. The van der Waals surface area contributed by atoms with Crippen LogP contribution in [0.3, 0.4) is 0 Å². The van der Waals surface area contributed by atoms with Gasteiger partial charge in [-0.2, -0.15) is 0 Å². The molecule has 0 spiro atoms. The summed E-state index contributed by atoms with van der Waals surface area (Å²) in [5.41, 5.74) is 24.8. The van der Waals surface area contributed by atoms with Gasteiger partial charge < -0.3 is 9.80 Å². The monoisotopic (exact) mass is 986 g/mol. The maximum Gasteiger partial charge on any atom is 0.0502 e. The molecular formula is C75H58N2. The molecule has 12 aromatic rings. The molecule has 0 atom stereocenters. The van der Waals surface area contributed by atoms with Crippen LogP contribution >= 0.6 is 0 Å². The van der Waals surface area contributed by atoms with Crippen molar-refractivity contribution in [3.05, 3.63) is 276 Å². The molecule has 2 aliphatic heterocycles. The molecule has 2 heterocycles. The van der Waals surface area contributed by atoms with Crippen LogP contribution in [0.1, 0.15) is 74.9 Å². The second kappa shape index (κ2) is 16.5. The Bertz CT molecular complexity index is 4330. The molecule has 0 unspecified atom stereocenters. The second-order valence-electron chi connectivity index (χ2n) is 23.2. The average Bonchev–Trinajstić information content (AvgIpc) is 3.83. The molecule has 0 amide bonds. The maximum atomic E-state index is 2.51. The van der Waals surface area contributed by atoms with E-state index in [4.69, 9.17) is 0 Å². The molecule has 1 aliphatic carbocycles. The number of para-hydroxylation sites is 4. The summed E-state index contributed by atoms with van der Waals surface area (Å²) in [6, 6.07) is 91.8. The highest BCUT2D eigenvalue weighted by Gasteiger charge is 2.39. The Kier molecular flexibility index (Phi) is 9.74. The minimum atomic E-state index is -0.174. The quantitative estimate of drug-likeness (QED) is 0.159. The third-order valence-corrected chi connectivity index (χ3v) is 18.0. The fourth-order valence-corrected chi connectivity index (χ4v) is 14.2. The summed E-state index contributed by atoms with van der Waals surface area (Å²) < 4.78 is 0. The lowest BCUT2D eigenvalue weighted by atomic mass is 9.73. The predicted molar refractivity (Wildman–Crippen MR) is 326 cm³/mol. The molecule has 12 aromatic carbocycles. The molecule has 0 radical (unpaired) electrons. The number of hydrogen-bond donors (Lipinski definition) is 0. The predicted octanol–water partition coefficient (Wildman–Crippen LogP) is 20.7. The number of hydrogen-bond acceptors (Lipinski definition) is 2. The normalized spacial score (nSPS) is 15.1. The Balaban J connectivity index is 1.01. The van der Waals surface area contributed by atoms with E-state index < -0.39 is 0 Å². The third kappa shape index (κ3) is 6.55. The summed E-state index contributed by atoms with van der Waals surface area (Å²) in [5.74, 6) is 0. The Morgan fingerprint density at radius 1 is 0.247 bits per heavy atom. The van der Waals surface area contributed by atoms with E-state index in [1.807, 2.05) is 0 Å². The molecule has 3 aliphatic rings. The van der Waals surface area contributed by atoms with Gasteiger partial charge in [0.15, 0.2) is 0 Å². The van der Waals surface area contributed by atoms with E-state index in [-0.39, 0.29) is 16.2 Å². The third-order valence-electron chi connectivity index (χ3n) is 18.0. The van der Waals surface area contributed by atoms with E-state index in [1.165, 1.54) is 133 Å². The van der Waals surface area contributed by atoms with Crippen LogP contribution in [0.25, 0.3) is 76.8 Å². The van der Waals surface area contributed by atoms with Crippen molar-refractivity contribution in [3.8, 4) is 44.5 Å². The van der Waals surface area contributed by atoms with Gasteiger partial charge in [-0.15, -0.1) is 0 Å². The molecular weight excluding hydrogens is 929 g/mol. The molecule has 0 aromatic heterocycles. The lowest BCUT2D eigenvalue weighted by Gasteiger charge is -2.42. The van der Waals surface area contributed by atoms with E-state index in [1.54, 1.807) is 0 Å². The summed E-state index contributed by atoms with van der Waals surface area (Å²) in [4.78, 5) is 5.01. The van der Waals surface area contributed by atoms with Gasteiger partial charge in [0.1, 0.15) is 0 Å². The van der Waals surface area contributed by atoms with Gasteiger partial charge in [0, 0.05) is 27.6 Å². The van der Waals surface area contributed by atoms with Crippen molar-refractivity contribution >= 4 is 66.4 Å². The summed E-state index contributed by atoms with van der Waals surface area (Å²) in [6.07, 6.45) is 0. The number of benzene rings is 12. The molecule has 0 N–H and O–H groups in total. The SMILES string of the molecule is CC1(C)c2ccccc2-c2cc(-c3ccc(-c4c5cc(N6c7ccccc7C(C)(C)c7ccccc76)ccc5c(-c5cccc6ccccc56)c5cc(N6c7ccccc7C(C)(C)c7ccccc76)ccc45)cc3)ccc21. The van der Waals surface area contributed by atoms with Gasteiger partial charge >= 0.3 is 0 Å². The lowest BCUT2D eigenvalue weighted by Crippen LogP contribution is -2.30. The molecule has 77 heavy (non-hydrogen) atoms. The zero-order chi connectivity index (χ0) is 52.0. The number of rotatable bonds is 5. The Morgan fingerprint density at radius 2 is 0.649 bits per heavy atom. The highest BCUT2D eigenvalue weighted by molar-refractivity contribution is 6.25. The van der Waals surface area contributed by atoms with Crippen LogP contribution in [0, 0.1) is 0 Å². The first-order valence-corrected chi connectivity index (χ1v) is 27.3. The van der Waals surface area contributed by atoms with E-state index in [0.29, 0.717) is 0 Å². The molecule has 0 saturated carbocycles. The molecule has 368 valence electrons. The van der Waals surface area contributed by atoms with Crippen molar-refractivity contribution in [3.63, 3.8) is 0 Å². The van der Waals surface area contributed by atoms with Crippen molar-refractivity contribution in [1.29, 1.82) is 0 Å². The van der Waals surface area contributed by atoms with E-state index in [9.17, 15) is 0 Å². The van der Waals surface area contributed by atoms with Gasteiger partial charge in [-0.1, -0.05) is 230 Å². The first-order valence-electron chi connectivity index (χ1n) is 27.3. The Labute approximate surface area is 452 Å². The van der Waals surface area contributed by atoms with E-state index >= 15 is 0 Å². The van der Waals surface area contributed by atoms with Gasteiger partial charge in [0.2, 0.25) is 0 Å². The molecule has 2 nitrogen and oxygen atoms in total. The average molecular weight is 987 g/mol. The highest BCUT2D eigenvalue weighted by atomic mass is 15.2. The van der Waals surface area contributed by atoms with Crippen molar-refractivity contribution in [2.75, 3.05) is 9.80 Å². The van der Waals surface area contributed by atoms with Gasteiger partial charge in [0.05, 0.1) is 22.7 Å². The number of fused-ring (bicyclic) bond motifs is 10. The Morgan fingerprint density at radius 3 is 1.22 bits per heavy atom. The molecule has 0 bridgehead atoms. The largest absolute Gasteiger partial charge is 0.310 e. The van der Waals surface area contributed by atoms with Gasteiger partial charge in [-0.05, 0) is 165 Å².